The van der Waals surface area contributed by atoms with Crippen LogP contribution in [0.4, 0.5) is 13.2 Å². The van der Waals surface area contributed by atoms with Gasteiger partial charge in [-0.1, -0.05) is 0 Å². The van der Waals surface area contributed by atoms with Crippen molar-refractivity contribution < 1.29 is 42.0 Å². The molecule has 0 saturated carbocycles. The molecule has 0 saturated heterocycles. The van der Waals surface area contributed by atoms with Crippen LogP contribution in [-0.2, 0) is 11.2 Å². The molecule has 2 aromatic carbocycles. The van der Waals surface area contributed by atoms with E-state index >= 15 is 0 Å². The number of phenols is 1. The van der Waals surface area contributed by atoms with E-state index in [0.717, 1.165) is 6.20 Å². The maximum absolute atomic E-state index is 13.4. The maximum Gasteiger partial charge on any atom is 0.471 e. The van der Waals surface area contributed by atoms with Crippen LogP contribution in [0.25, 0.3) is 17.2 Å². The predicted octanol–water partition coefficient (Wildman–Crippen LogP) is 4.46. The molecule has 176 valence electrons. The number of nitrogens with zero attached hydrogens (tertiary/aromatic N) is 1. The summed E-state index contributed by atoms with van der Waals surface area (Å²) in [5.74, 6) is -1.24. The maximum atomic E-state index is 13.4. The lowest BCUT2D eigenvalue weighted by Gasteiger charge is -2.34. The second-order valence-corrected chi connectivity index (χ2v) is 7.57. The SMILES string of the molecule is COc1cc2c3c(c1O)-c1c(cc(OC)c(OC)c1OC)CC[C@@H]3N(C(=O)C(F)(F)F)C=C2. The summed E-state index contributed by atoms with van der Waals surface area (Å²) in [6.45, 7) is 0. The molecule has 0 unspecified atom stereocenters. The van der Waals surface area contributed by atoms with Crippen molar-refractivity contribution in [3.05, 3.63) is 35.0 Å². The van der Waals surface area contributed by atoms with E-state index in [1.807, 2.05) is 0 Å². The monoisotopic (exact) mass is 465 g/mol. The fourth-order valence-corrected chi connectivity index (χ4v) is 4.60. The summed E-state index contributed by atoms with van der Waals surface area (Å²) in [6, 6.07) is 2.26. The number of benzene rings is 2. The van der Waals surface area contributed by atoms with Crippen LogP contribution < -0.4 is 18.9 Å². The summed E-state index contributed by atoms with van der Waals surface area (Å²) >= 11 is 0. The average Bonchev–Trinajstić information content (AvgIpc) is 2.97. The predicted molar refractivity (Wildman–Crippen MR) is 113 cm³/mol. The quantitative estimate of drug-likeness (QED) is 0.719. The summed E-state index contributed by atoms with van der Waals surface area (Å²) in [6.07, 6.45) is -2.08. The zero-order chi connectivity index (χ0) is 24.1. The minimum atomic E-state index is -5.06. The number of phenolic OH excluding ortho intramolecular Hbond substituents is 1. The summed E-state index contributed by atoms with van der Waals surface area (Å²) < 4.78 is 62.0. The summed E-state index contributed by atoms with van der Waals surface area (Å²) in [7, 11) is 5.68. The van der Waals surface area contributed by atoms with Crippen molar-refractivity contribution in [3.8, 4) is 39.9 Å². The lowest BCUT2D eigenvalue weighted by molar-refractivity contribution is -0.184. The van der Waals surface area contributed by atoms with E-state index in [1.165, 1.54) is 40.6 Å². The Morgan fingerprint density at radius 1 is 1.00 bits per heavy atom. The van der Waals surface area contributed by atoms with Gasteiger partial charge in [0, 0.05) is 17.3 Å². The molecule has 1 N–H and O–H groups in total. The van der Waals surface area contributed by atoms with Crippen molar-refractivity contribution >= 4 is 12.0 Å². The van der Waals surface area contributed by atoms with Gasteiger partial charge in [0.1, 0.15) is 0 Å². The number of ether oxygens (including phenoxy) is 4. The molecule has 0 radical (unpaired) electrons. The van der Waals surface area contributed by atoms with E-state index < -0.39 is 18.1 Å². The molecular formula is C23H22F3NO6. The molecule has 0 bridgehead atoms. The van der Waals surface area contributed by atoms with Crippen LogP contribution in [0.1, 0.15) is 29.2 Å². The molecule has 7 nitrogen and oxygen atoms in total. The van der Waals surface area contributed by atoms with Gasteiger partial charge >= 0.3 is 12.1 Å². The zero-order valence-corrected chi connectivity index (χ0v) is 18.4. The number of aromatic hydroxyl groups is 1. The fraction of sp³-hybridized carbons (Fsp3) is 0.348. The van der Waals surface area contributed by atoms with Gasteiger partial charge in [-0.3, -0.25) is 4.79 Å². The Bertz CT molecular complexity index is 1160. The number of hydrogen-bond acceptors (Lipinski definition) is 6. The average molecular weight is 465 g/mol. The Morgan fingerprint density at radius 2 is 1.67 bits per heavy atom. The third-order valence-corrected chi connectivity index (χ3v) is 5.97. The first-order chi connectivity index (χ1) is 15.7. The fourth-order valence-electron chi connectivity index (χ4n) is 4.60. The van der Waals surface area contributed by atoms with E-state index in [-0.39, 0.29) is 41.4 Å². The largest absolute Gasteiger partial charge is 0.504 e. The highest BCUT2D eigenvalue weighted by Crippen LogP contribution is 2.57. The van der Waals surface area contributed by atoms with Crippen LogP contribution in [0.15, 0.2) is 18.3 Å². The Kier molecular flexibility index (Phi) is 5.55. The number of fused-ring (bicyclic) bond motifs is 2. The smallest absolute Gasteiger partial charge is 0.471 e. The van der Waals surface area contributed by atoms with Gasteiger partial charge in [-0.15, -0.1) is 0 Å². The molecule has 2 aliphatic rings. The first kappa shape index (κ1) is 22.6. The van der Waals surface area contributed by atoms with Crippen molar-refractivity contribution in [2.75, 3.05) is 28.4 Å². The lowest BCUT2D eigenvalue weighted by atomic mass is 9.87. The van der Waals surface area contributed by atoms with E-state index in [9.17, 15) is 23.1 Å². The van der Waals surface area contributed by atoms with Crippen LogP contribution >= 0.6 is 0 Å². The topological polar surface area (TPSA) is 77.5 Å². The first-order valence-electron chi connectivity index (χ1n) is 10.0. The minimum absolute atomic E-state index is 0.132. The van der Waals surface area contributed by atoms with Gasteiger partial charge in [-0.05, 0) is 47.7 Å². The Labute approximate surface area is 187 Å². The minimum Gasteiger partial charge on any atom is -0.504 e. The molecule has 33 heavy (non-hydrogen) atoms. The number of methoxy groups -OCH3 is 4. The third kappa shape index (κ3) is 3.40. The van der Waals surface area contributed by atoms with E-state index in [2.05, 4.69) is 0 Å². The molecule has 0 fully saturated rings. The second-order valence-electron chi connectivity index (χ2n) is 7.57. The third-order valence-electron chi connectivity index (χ3n) is 5.97. The summed E-state index contributed by atoms with van der Waals surface area (Å²) in [5, 5.41) is 11.2. The van der Waals surface area contributed by atoms with Crippen molar-refractivity contribution in [2.24, 2.45) is 0 Å². The van der Waals surface area contributed by atoms with Gasteiger partial charge in [0.15, 0.2) is 23.0 Å². The van der Waals surface area contributed by atoms with E-state index in [1.54, 1.807) is 6.07 Å². The number of amides is 1. The molecular weight excluding hydrogens is 443 g/mol. The van der Waals surface area contributed by atoms with E-state index in [4.69, 9.17) is 18.9 Å². The molecule has 1 aliphatic carbocycles. The Morgan fingerprint density at radius 3 is 2.24 bits per heavy atom. The number of alkyl halides is 3. The highest BCUT2D eigenvalue weighted by atomic mass is 19.4. The summed E-state index contributed by atoms with van der Waals surface area (Å²) in [5.41, 5.74) is 2.23. The normalized spacial score (nSPS) is 16.5. The van der Waals surface area contributed by atoms with Crippen molar-refractivity contribution in [1.82, 2.24) is 4.90 Å². The number of carbonyl (C=O) groups is 1. The van der Waals surface area contributed by atoms with Gasteiger partial charge in [-0.25, -0.2) is 0 Å². The lowest BCUT2D eigenvalue weighted by Crippen LogP contribution is -2.41. The zero-order valence-electron chi connectivity index (χ0n) is 18.4. The van der Waals surface area contributed by atoms with Crippen molar-refractivity contribution in [2.45, 2.75) is 25.1 Å². The standard InChI is InChI=1S/C23H22F3NO6/c1-30-14-9-12-7-8-27(22(29)23(24,25)26)13-6-5-11-10-15(31-2)20(32-3)21(33-4)17(11)18(16(12)13)19(14)28/h7-10,13,28H,5-6H2,1-4H3/t13-/m0/s1. The molecule has 1 aliphatic heterocycles. The molecule has 10 heteroatoms. The van der Waals surface area contributed by atoms with Gasteiger partial charge < -0.3 is 29.0 Å². The highest BCUT2D eigenvalue weighted by molar-refractivity contribution is 5.92. The molecule has 2 aromatic rings. The van der Waals surface area contributed by atoms with Gasteiger partial charge in [0.05, 0.1) is 34.5 Å². The van der Waals surface area contributed by atoms with Gasteiger partial charge in [0.25, 0.3) is 0 Å². The van der Waals surface area contributed by atoms with Gasteiger partial charge in [0.2, 0.25) is 5.75 Å². The van der Waals surface area contributed by atoms with Crippen molar-refractivity contribution in [3.63, 3.8) is 0 Å². The molecule has 4 rings (SSSR count). The van der Waals surface area contributed by atoms with Crippen LogP contribution in [0.3, 0.4) is 0 Å². The molecule has 1 atom stereocenters. The van der Waals surface area contributed by atoms with Crippen LogP contribution in [0.5, 0.6) is 28.7 Å². The van der Waals surface area contributed by atoms with E-state index in [0.29, 0.717) is 32.9 Å². The van der Waals surface area contributed by atoms with Crippen LogP contribution in [0.2, 0.25) is 0 Å². The number of rotatable bonds is 4. The molecule has 1 amide bonds. The van der Waals surface area contributed by atoms with Gasteiger partial charge in [-0.2, -0.15) is 13.2 Å². The molecule has 0 spiro atoms. The van der Waals surface area contributed by atoms with Crippen molar-refractivity contribution in [1.29, 1.82) is 0 Å². The molecule has 0 aromatic heterocycles. The second kappa shape index (κ2) is 8.09. The number of halogens is 3. The number of aryl methyl sites for hydroxylation is 1. The van der Waals surface area contributed by atoms with Crippen LogP contribution in [0, 0.1) is 0 Å². The number of carbonyl (C=O) groups excluding carboxylic acids is 1. The first-order valence-corrected chi connectivity index (χ1v) is 10.0. The Balaban J connectivity index is 2.09. The Hall–Kier alpha value is -3.56. The molecule has 1 heterocycles. The highest BCUT2D eigenvalue weighted by Gasteiger charge is 2.47. The number of hydrogen-bond donors (Lipinski definition) is 1. The van der Waals surface area contributed by atoms with Crippen LogP contribution in [-0.4, -0.2) is 50.5 Å². The summed E-state index contributed by atoms with van der Waals surface area (Å²) in [4.78, 5) is 12.9.